The quantitative estimate of drug-likeness (QED) is 0.465. The minimum Gasteiger partial charge on any atom is -0.299 e. The summed E-state index contributed by atoms with van der Waals surface area (Å²) in [4.78, 5) is 16.0. The Morgan fingerprint density at radius 2 is 1.78 bits per heavy atom. The highest BCUT2D eigenvalue weighted by atomic mass is 32.2. The van der Waals surface area contributed by atoms with E-state index in [4.69, 9.17) is 0 Å². The van der Waals surface area contributed by atoms with Crippen LogP contribution < -0.4 is 0 Å². The van der Waals surface area contributed by atoms with E-state index in [1.54, 1.807) is 9.81 Å². The maximum absolute atomic E-state index is 12.7. The number of allylic oxidation sites excluding steroid dienone is 3. The molecule has 4 aliphatic carbocycles. The van der Waals surface area contributed by atoms with Gasteiger partial charge in [-0.05, 0) is 78.1 Å². The molecule has 0 aliphatic heterocycles. The molecule has 0 N–H and O–H groups in total. The number of hydrogen-bond acceptors (Lipinski definition) is 3. The van der Waals surface area contributed by atoms with Gasteiger partial charge in [0.1, 0.15) is 5.78 Å². The maximum Gasteiger partial charge on any atom is 0.139 e. The van der Waals surface area contributed by atoms with Gasteiger partial charge < -0.3 is 0 Å². The molecule has 3 heteroatoms. The number of carbonyl (C=O) groups is 1. The monoisotopic (exact) mass is 404 g/mol. The molecule has 3 saturated carbocycles. The molecule has 0 spiro atoms. The number of fused-ring (bicyclic) bond motifs is 5. The van der Waals surface area contributed by atoms with Crippen LogP contribution in [0.4, 0.5) is 0 Å². The number of Topliss-reactive ketones (excluding diaryl/α,β-unsaturated/α-hetero) is 1. The van der Waals surface area contributed by atoms with E-state index in [0.717, 1.165) is 37.4 Å². The second kappa shape index (κ2) is 7.27. The smallest absolute Gasteiger partial charge is 0.139 e. The Balaban J connectivity index is 1.72. The van der Waals surface area contributed by atoms with Crippen molar-refractivity contribution in [2.45, 2.75) is 72.6 Å². The van der Waals surface area contributed by atoms with E-state index in [2.05, 4.69) is 57.8 Å². The van der Waals surface area contributed by atoms with Gasteiger partial charge in [-0.15, -0.1) is 23.5 Å². The van der Waals surface area contributed by atoms with Crippen LogP contribution in [0.2, 0.25) is 0 Å². The molecular weight excluding hydrogens is 368 g/mol. The Labute approximate surface area is 174 Å². The van der Waals surface area contributed by atoms with Gasteiger partial charge in [-0.25, -0.2) is 0 Å². The highest BCUT2D eigenvalue weighted by Crippen LogP contribution is 2.68. The van der Waals surface area contributed by atoms with Crippen LogP contribution in [0.25, 0.3) is 0 Å². The molecule has 4 rings (SSSR count). The lowest BCUT2D eigenvalue weighted by Gasteiger charge is -2.60. The van der Waals surface area contributed by atoms with E-state index < -0.39 is 0 Å². The number of hydrogen-bond donors (Lipinski definition) is 0. The number of ketones is 1. The molecule has 1 nitrogen and oxygen atoms in total. The summed E-state index contributed by atoms with van der Waals surface area (Å²) in [6, 6.07) is 0. The van der Waals surface area contributed by atoms with Gasteiger partial charge in [-0.3, -0.25) is 4.79 Å². The summed E-state index contributed by atoms with van der Waals surface area (Å²) in [5, 5.41) is 0. The first-order valence-electron chi connectivity index (χ1n) is 11.1. The molecule has 0 aromatic rings. The fraction of sp³-hybridized carbons (Fsp3) is 0.792. The first-order chi connectivity index (χ1) is 12.9. The predicted molar refractivity (Wildman–Crippen MR) is 120 cm³/mol. The third-order valence-corrected chi connectivity index (χ3v) is 10.9. The third kappa shape index (κ3) is 2.93. The van der Waals surface area contributed by atoms with Crippen molar-refractivity contribution < 1.29 is 4.79 Å². The van der Waals surface area contributed by atoms with Gasteiger partial charge >= 0.3 is 0 Å². The van der Waals surface area contributed by atoms with Gasteiger partial charge in [-0.2, -0.15) is 0 Å². The Kier molecular flexibility index (Phi) is 5.42. The van der Waals surface area contributed by atoms with Gasteiger partial charge in [-0.1, -0.05) is 39.8 Å². The van der Waals surface area contributed by atoms with Crippen LogP contribution in [0.3, 0.4) is 0 Å². The largest absolute Gasteiger partial charge is 0.299 e. The van der Waals surface area contributed by atoms with E-state index in [9.17, 15) is 4.79 Å². The fourth-order valence-corrected chi connectivity index (χ4v) is 9.77. The van der Waals surface area contributed by atoms with Crippen LogP contribution in [0.1, 0.15) is 72.6 Å². The zero-order valence-electron chi connectivity index (χ0n) is 17.6. The van der Waals surface area contributed by atoms with Crippen LogP contribution in [-0.4, -0.2) is 17.3 Å². The summed E-state index contributed by atoms with van der Waals surface area (Å²) in [7, 11) is 0. The van der Waals surface area contributed by atoms with Gasteiger partial charge in [0.2, 0.25) is 0 Å². The van der Waals surface area contributed by atoms with Crippen LogP contribution in [0, 0.1) is 34.5 Å². The van der Waals surface area contributed by atoms with Crippen molar-refractivity contribution in [3.8, 4) is 0 Å². The zero-order chi connectivity index (χ0) is 19.4. The van der Waals surface area contributed by atoms with Crippen LogP contribution in [0.5, 0.6) is 0 Å². The summed E-state index contributed by atoms with van der Waals surface area (Å²) in [5.41, 5.74) is 1.80. The SMILES string of the molecule is C=C1C[C@@H]2[C@@H](CC[C@]3(C)C(=O)CC[C@@H]23)[C@@]2(C)CCC(SCC)=C(SCC)C12. The Morgan fingerprint density at radius 1 is 1.04 bits per heavy atom. The molecule has 0 radical (unpaired) electrons. The van der Waals surface area contributed by atoms with Gasteiger partial charge in [0.05, 0.1) is 0 Å². The minimum absolute atomic E-state index is 0.0284. The van der Waals surface area contributed by atoms with Crippen molar-refractivity contribution >= 4 is 29.3 Å². The first kappa shape index (κ1) is 20.1. The van der Waals surface area contributed by atoms with E-state index in [0.29, 0.717) is 29.0 Å². The molecular formula is C24H36OS2. The second-order valence-corrected chi connectivity index (χ2v) is 12.4. The normalized spacial score (nSPS) is 44.1. The number of rotatable bonds is 4. The first-order valence-corrected chi connectivity index (χ1v) is 13.0. The molecule has 0 amide bonds. The molecule has 3 fully saturated rings. The van der Waals surface area contributed by atoms with Crippen molar-refractivity contribution in [2.75, 3.05) is 11.5 Å². The van der Waals surface area contributed by atoms with Crippen molar-refractivity contribution in [1.82, 2.24) is 0 Å². The van der Waals surface area contributed by atoms with Crippen molar-refractivity contribution in [2.24, 2.45) is 34.5 Å². The highest BCUT2D eigenvalue weighted by Gasteiger charge is 2.61. The number of thioether (sulfide) groups is 2. The predicted octanol–water partition coefficient (Wildman–Crippen LogP) is 7.09. The van der Waals surface area contributed by atoms with Gasteiger partial charge in [0.15, 0.2) is 0 Å². The van der Waals surface area contributed by atoms with Gasteiger partial charge in [0.25, 0.3) is 0 Å². The average Bonchev–Trinajstić information content (AvgIpc) is 2.93. The molecule has 6 atom stereocenters. The highest BCUT2D eigenvalue weighted by molar-refractivity contribution is 8.06. The molecule has 150 valence electrons. The topological polar surface area (TPSA) is 17.1 Å². The lowest BCUT2D eigenvalue weighted by Crippen LogP contribution is -2.53. The molecule has 27 heavy (non-hydrogen) atoms. The van der Waals surface area contributed by atoms with E-state index in [1.807, 2.05) is 0 Å². The lowest BCUT2D eigenvalue weighted by atomic mass is 9.45. The second-order valence-electron chi connectivity index (χ2n) is 9.75. The van der Waals surface area contributed by atoms with Crippen molar-refractivity contribution in [3.05, 3.63) is 22.0 Å². The molecule has 4 aliphatic rings. The van der Waals surface area contributed by atoms with Crippen molar-refractivity contribution in [1.29, 1.82) is 0 Å². The molecule has 0 bridgehead atoms. The minimum atomic E-state index is -0.0284. The van der Waals surface area contributed by atoms with Crippen LogP contribution >= 0.6 is 23.5 Å². The van der Waals surface area contributed by atoms with E-state index in [1.165, 1.54) is 30.6 Å². The molecule has 1 unspecified atom stereocenters. The molecule has 0 aromatic heterocycles. The third-order valence-electron chi connectivity index (χ3n) is 8.60. The summed E-state index contributed by atoms with van der Waals surface area (Å²) in [6.45, 7) is 14.1. The lowest BCUT2D eigenvalue weighted by molar-refractivity contribution is -0.133. The Morgan fingerprint density at radius 3 is 2.48 bits per heavy atom. The Bertz CT molecular complexity index is 680. The molecule has 0 aromatic carbocycles. The average molecular weight is 405 g/mol. The molecule has 0 saturated heterocycles. The van der Waals surface area contributed by atoms with Crippen LogP contribution in [-0.2, 0) is 4.79 Å². The van der Waals surface area contributed by atoms with Gasteiger partial charge in [0, 0.05) is 22.7 Å². The summed E-state index contributed by atoms with van der Waals surface area (Å²) in [5.74, 6) is 5.52. The standard InChI is InChI=1S/C24H36OS2/c1-6-26-19-11-13-24(5)18-10-12-23(4)17(8-9-20(23)25)16(18)14-15(3)21(24)22(19)27-7-2/h16-18,21H,3,6-14H2,1-2,4-5H3/t16-,17-,18+,21?,23-,24+/m0/s1. The maximum atomic E-state index is 12.7. The summed E-state index contributed by atoms with van der Waals surface area (Å²) >= 11 is 4.16. The summed E-state index contributed by atoms with van der Waals surface area (Å²) in [6.07, 6.45) is 8.07. The molecule has 0 heterocycles. The fourth-order valence-electron chi connectivity index (χ4n) is 7.38. The van der Waals surface area contributed by atoms with Crippen LogP contribution in [0.15, 0.2) is 22.0 Å². The number of carbonyl (C=O) groups excluding carboxylic acids is 1. The van der Waals surface area contributed by atoms with Crippen molar-refractivity contribution in [3.63, 3.8) is 0 Å². The summed E-state index contributed by atoms with van der Waals surface area (Å²) < 4.78 is 0. The van der Waals surface area contributed by atoms with E-state index in [-0.39, 0.29) is 5.41 Å². The Hall–Kier alpha value is -0.150. The zero-order valence-corrected chi connectivity index (χ0v) is 19.2. The van der Waals surface area contributed by atoms with E-state index >= 15 is 0 Å².